The van der Waals surface area contributed by atoms with Crippen molar-refractivity contribution in [2.75, 3.05) is 0 Å². The number of hydrogen-bond donors (Lipinski definition) is 0. The summed E-state index contributed by atoms with van der Waals surface area (Å²) in [7, 11) is 0. The van der Waals surface area contributed by atoms with Gasteiger partial charge in [0.15, 0.2) is 0 Å². The zero-order valence-corrected chi connectivity index (χ0v) is 9.03. The van der Waals surface area contributed by atoms with Crippen LogP contribution in [0.15, 0.2) is 0 Å². The van der Waals surface area contributed by atoms with Crippen molar-refractivity contribution in [3.05, 3.63) is 0 Å². The summed E-state index contributed by atoms with van der Waals surface area (Å²) in [5.74, 6) is 0. The molecule has 0 fully saturated rings. The van der Waals surface area contributed by atoms with Gasteiger partial charge < -0.3 is 21.9 Å². The Kier molecular flexibility index (Phi) is 3240. The fourth-order valence-electron chi connectivity index (χ4n) is 0. The van der Waals surface area contributed by atoms with E-state index in [9.17, 15) is 0 Å². The van der Waals surface area contributed by atoms with Gasteiger partial charge in [-0.3, -0.25) is 0 Å². The molecular formula is H8O4SnZn. The van der Waals surface area contributed by atoms with Crippen molar-refractivity contribution in [2.45, 2.75) is 0 Å². The van der Waals surface area contributed by atoms with E-state index in [0.29, 0.717) is 0 Å². The maximum atomic E-state index is 0. The topological polar surface area (TPSA) is 126 Å². The second kappa shape index (κ2) is 109. The molecule has 6 heavy (non-hydrogen) atoms. The molecule has 0 saturated carbocycles. The van der Waals surface area contributed by atoms with Gasteiger partial charge in [-0.1, -0.05) is 0 Å². The predicted octanol–water partition coefficient (Wildman–Crippen LogP) is -3.68. The first-order valence-electron chi connectivity index (χ1n) is 0. The van der Waals surface area contributed by atoms with E-state index in [-0.39, 0.29) is 65.3 Å². The third-order valence-electron chi connectivity index (χ3n) is 0. The predicted molar refractivity (Wildman–Crippen MR) is 20.2 cm³/mol. The molecule has 4 radical (unpaired) electrons. The van der Waals surface area contributed by atoms with Crippen LogP contribution in [0.2, 0.25) is 0 Å². The number of rotatable bonds is 0. The third-order valence-corrected chi connectivity index (χ3v) is 0. The van der Waals surface area contributed by atoms with E-state index in [4.69, 9.17) is 0 Å². The van der Waals surface area contributed by atoms with E-state index < -0.39 is 0 Å². The van der Waals surface area contributed by atoms with Gasteiger partial charge in [-0.2, -0.15) is 0 Å². The Hall–Kier alpha value is 1.26. The molecule has 0 atom stereocenters. The molecule has 0 aliphatic heterocycles. The van der Waals surface area contributed by atoms with Gasteiger partial charge >= 0.3 is 0 Å². The van der Waals surface area contributed by atoms with Crippen LogP contribution in [0, 0.1) is 0 Å². The van der Waals surface area contributed by atoms with Crippen molar-refractivity contribution < 1.29 is 41.4 Å². The second-order valence-corrected chi connectivity index (χ2v) is 0. The molecule has 0 amide bonds. The molecule has 0 aliphatic rings. The Morgan fingerprint density at radius 3 is 0.500 bits per heavy atom. The van der Waals surface area contributed by atoms with E-state index in [1.807, 2.05) is 0 Å². The summed E-state index contributed by atoms with van der Waals surface area (Å²) in [5, 5.41) is 0. The van der Waals surface area contributed by atoms with E-state index in [2.05, 4.69) is 0 Å². The molecule has 0 heterocycles. The number of hydrogen-bond acceptors (Lipinski definition) is 0. The minimum Gasteiger partial charge on any atom is -0.412 e. The zero-order chi connectivity index (χ0) is 0. The van der Waals surface area contributed by atoms with Crippen LogP contribution in [-0.4, -0.2) is 45.8 Å². The summed E-state index contributed by atoms with van der Waals surface area (Å²) in [6.45, 7) is 0. The first-order chi connectivity index (χ1) is 0. The van der Waals surface area contributed by atoms with Crippen molar-refractivity contribution in [1.82, 2.24) is 0 Å². The molecule has 4 nitrogen and oxygen atoms in total. The maximum Gasteiger partial charge on any atom is 0 e. The summed E-state index contributed by atoms with van der Waals surface area (Å²) in [5.41, 5.74) is 0. The van der Waals surface area contributed by atoms with Crippen LogP contribution in [0.25, 0.3) is 0 Å². The average Bonchev–Trinajstić information content (AvgIpc) is 0. The van der Waals surface area contributed by atoms with Crippen molar-refractivity contribution in [1.29, 1.82) is 0 Å². The minimum absolute atomic E-state index is 0. The Morgan fingerprint density at radius 1 is 0.500 bits per heavy atom. The molecule has 0 aromatic heterocycles. The van der Waals surface area contributed by atoms with Gasteiger partial charge in [-0.05, 0) is 0 Å². The fraction of sp³-hybridized carbons (Fsp3) is 0. The van der Waals surface area contributed by atoms with E-state index in [0.717, 1.165) is 0 Å². The van der Waals surface area contributed by atoms with Gasteiger partial charge in [0.05, 0.1) is 0 Å². The smallest absolute Gasteiger partial charge is 0 e. The Bertz CT molecular complexity index is 7.51. The normalized spacial score (nSPS) is 0. The standard InChI is InChI=1S/4H2O.Sn.Zn/h4*1H2;;. The first kappa shape index (κ1) is 179. The fourth-order valence-corrected chi connectivity index (χ4v) is 0. The molecular weight excluding hydrogens is 248 g/mol. The Balaban J connectivity index is 0. The summed E-state index contributed by atoms with van der Waals surface area (Å²) in [6.07, 6.45) is 0. The van der Waals surface area contributed by atoms with Crippen molar-refractivity contribution in [3.63, 3.8) is 0 Å². The molecule has 6 heteroatoms. The SMILES string of the molecule is O.O.O.O.[Sn].[Zn]. The molecule has 0 saturated heterocycles. The third kappa shape index (κ3) is 60.0. The molecule has 0 aromatic rings. The molecule has 0 rings (SSSR count). The van der Waals surface area contributed by atoms with Crippen LogP contribution in [0.3, 0.4) is 0 Å². The van der Waals surface area contributed by atoms with Gasteiger partial charge in [0.1, 0.15) is 0 Å². The molecule has 38 valence electrons. The van der Waals surface area contributed by atoms with Crippen molar-refractivity contribution in [2.24, 2.45) is 0 Å². The zero-order valence-electron chi connectivity index (χ0n) is 3.21. The monoisotopic (exact) mass is 256 g/mol. The maximum absolute atomic E-state index is 0. The summed E-state index contributed by atoms with van der Waals surface area (Å²) < 4.78 is 0. The van der Waals surface area contributed by atoms with Crippen molar-refractivity contribution >= 4 is 23.9 Å². The molecule has 0 bridgehead atoms. The van der Waals surface area contributed by atoms with E-state index in [1.165, 1.54) is 0 Å². The molecule has 0 aromatic carbocycles. The van der Waals surface area contributed by atoms with Crippen LogP contribution in [0.5, 0.6) is 0 Å². The molecule has 0 spiro atoms. The van der Waals surface area contributed by atoms with Gasteiger partial charge in [0, 0.05) is 43.4 Å². The first-order valence-corrected chi connectivity index (χ1v) is 0. The van der Waals surface area contributed by atoms with Crippen LogP contribution in [0.1, 0.15) is 0 Å². The molecule has 0 aliphatic carbocycles. The summed E-state index contributed by atoms with van der Waals surface area (Å²) in [4.78, 5) is 0. The van der Waals surface area contributed by atoms with Crippen LogP contribution in [0.4, 0.5) is 0 Å². The van der Waals surface area contributed by atoms with Crippen molar-refractivity contribution in [3.8, 4) is 0 Å². The van der Waals surface area contributed by atoms with Gasteiger partial charge in [-0.25, -0.2) is 0 Å². The minimum atomic E-state index is 0. The Labute approximate surface area is 65.3 Å². The average molecular weight is 256 g/mol. The summed E-state index contributed by atoms with van der Waals surface area (Å²) >= 11 is 0. The van der Waals surface area contributed by atoms with Gasteiger partial charge in [0.25, 0.3) is 0 Å². The van der Waals surface area contributed by atoms with Crippen LogP contribution in [-0.2, 0) is 19.5 Å². The van der Waals surface area contributed by atoms with Crippen LogP contribution >= 0.6 is 0 Å². The van der Waals surface area contributed by atoms with Gasteiger partial charge in [-0.15, -0.1) is 0 Å². The molecule has 0 unspecified atom stereocenters. The van der Waals surface area contributed by atoms with Crippen LogP contribution < -0.4 is 0 Å². The Morgan fingerprint density at radius 2 is 0.500 bits per heavy atom. The largest absolute Gasteiger partial charge is 0.412 e. The van der Waals surface area contributed by atoms with E-state index in [1.54, 1.807) is 0 Å². The quantitative estimate of drug-likeness (QED) is 0.396. The summed E-state index contributed by atoms with van der Waals surface area (Å²) in [6, 6.07) is 0. The van der Waals surface area contributed by atoms with E-state index >= 15 is 0 Å². The van der Waals surface area contributed by atoms with Gasteiger partial charge in [0.2, 0.25) is 0 Å². The molecule has 8 N–H and O–H groups in total. The second-order valence-electron chi connectivity index (χ2n) is 0.